The van der Waals surface area contributed by atoms with Crippen molar-refractivity contribution >= 4 is 32.7 Å². The molecular weight excluding hydrogens is 256 g/mol. The molecule has 1 amide bonds. The fourth-order valence-corrected chi connectivity index (χ4v) is 1.88. The summed E-state index contributed by atoms with van der Waals surface area (Å²) >= 11 is 3.41. The first-order valence-electron chi connectivity index (χ1n) is 4.48. The topological polar surface area (TPSA) is 42.0 Å². The third kappa shape index (κ3) is 1.85. The van der Waals surface area contributed by atoms with Crippen molar-refractivity contribution in [3.05, 3.63) is 40.5 Å². The molecule has 0 bridgehead atoms. The van der Waals surface area contributed by atoms with Crippen LogP contribution in [0.15, 0.2) is 34.9 Å². The van der Waals surface area contributed by atoms with Gasteiger partial charge in [-0.25, -0.2) is 0 Å². The van der Waals surface area contributed by atoms with Gasteiger partial charge in [0.1, 0.15) is 0 Å². The van der Waals surface area contributed by atoms with Gasteiger partial charge in [-0.1, -0.05) is 12.1 Å². The van der Waals surface area contributed by atoms with Gasteiger partial charge < -0.3 is 5.32 Å². The summed E-state index contributed by atoms with van der Waals surface area (Å²) in [5.41, 5.74) is 1.44. The zero-order valence-corrected chi connectivity index (χ0v) is 9.71. The number of hydrogen-bond acceptors (Lipinski definition) is 2. The maximum Gasteiger partial charge on any atom is 0.252 e. The lowest BCUT2D eigenvalue weighted by molar-refractivity contribution is 0.0963. The second kappa shape index (κ2) is 3.98. The Morgan fingerprint density at radius 2 is 2.27 bits per heavy atom. The summed E-state index contributed by atoms with van der Waals surface area (Å²) in [6.07, 6.45) is 1.58. The Kier molecular flexibility index (Phi) is 2.68. The van der Waals surface area contributed by atoms with E-state index in [1.165, 1.54) is 0 Å². The van der Waals surface area contributed by atoms with E-state index >= 15 is 0 Å². The number of carbonyl (C=O) groups is 1. The molecule has 0 saturated carbocycles. The molecule has 1 aromatic heterocycles. The van der Waals surface area contributed by atoms with Gasteiger partial charge in [0.2, 0.25) is 0 Å². The fraction of sp³-hybridized carbons (Fsp3) is 0.0909. The molecule has 0 aliphatic heterocycles. The van der Waals surface area contributed by atoms with Crippen LogP contribution in [0, 0.1) is 0 Å². The minimum atomic E-state index is -0.121. The molecule has 76 valence electrons. The Hall–Kier alpha value is -1.42. The number of rotatable bonds is 1. The van der Waals surface area contributed by atoms with Crippen molar-refractivity contribution in [1.29, 1.82) is 0 Å². The van der Waals surface area contributed by atoms with Crippen molar-refractivity contribution in [2.24, 2.45) is 0 Å². The molecular formula is C11H9BrN2O. The molecule has 0 fully saturated rings. The van der Waals surface area contributed by atoms with Gasteiger partial charge in [0.15, 0.2) is 0 Å². The van der Waals surface area contributed by atoms with Gasteiger partial charge in [-0.05, 0) is 28.1 Å². The third-order valence-electron chi connectivity index (χ3n) is 2.15. The van der Waals surface area contributed by atoms with E-state index in [9.17, 15) is 4.79 Å². The van der Waals surface area contributed by atoms with E-state index < -0.39 is 0 Å². The van der Waals surface area contributed by atoms with E-state index in [2.05, 4.69) is 26.2 Å². The lowest BCUT2D eigenvalue weighted by Gasteiger charge is -2.02. The van der Waals surface area contributed by atoms with Crippen LogP contribution in [0.4, 0.5) is 0 Å². The van der Waals surface area contributed by atoms with Crippen molar-refractivity contribution in [1.82, 2.24) is 10.3 Å². The fourth-order valence-electron chi connectivity index (χ4n) is 1.39. The van der Waals surface area contributed by atoms with Crippen LogP contribution in [-0.2, 0) is 0 Å². The van der Waals surface area contributed by atoms with Crippen LogP contribution in [0.25, 0.3) is 10.9 Å². The van der Waals surface area contributed by atoms with E-state index in [-0.39, 0.29) is 5.91 Å². The maximum atomic E-state index is 11.4. The highest BCUT2D eigenvalue weighted by molar-refractivity contribution is 9.10. The number of benzene rings is 1. The normalized spacial score (nSPS) is 10.3. The van der Waals surface area contributed by atoms with Crippen LogP contribution in [0.1, 0.15) is 10.4 Å². The Bertz CT molecular complexity index is 525. The summed E-state index contributed by atoms with van der Waals surface area (Å²) in [6.45, 7) is 0. The summed E-state index contributed by atoms with van der Waals surface area (Å²) in [5, 5.41) is 3.52. The van der Waals surface area contributed by atoms with Crippen LogP contribution in [-0.4, -0.2) is 17.9 Å². The number of hydrogen-bond donors (Lipinski definition) is 1. The number of halogens is 1. The smallest absolute Gasteiger partial charge is 0.252 e. The predicted octanol–water partition coefficient (Wildman–Crippen LogP) is 2.36. The third-order valence-corrected chi connectivity index (χ3v) is 2.79. The van der Waals surface area contributed by atoms with E-state index in [1.807, 2.05) is 24.3 Å². The lowest BCUT2D eigenvalue weighted by Crippen LogP contribution is -2.17. The molecule has 0 atom stereocenters. The van der Waals surface area contributed by atoms with E-state index in [0.717, 1.165) is 15.4 Å². The molecule has 1 N–H and O–H groups in total. The number of pyridine rings is 1. The molecule has 1 heterocycles. The first kappa shape index (κ1) is 10.1. The highest BCUT2D eigenvalue weighted by Gasteiger charge is 2.05. The minimum absolute atomic E-state index is 0.121. The molecule has 15 heavy (non-hydrogen) atoms. The number of nitrogens with one attached hydrogen (secondary N) is 1. The van der Waals surface area contributed by atoms with E-state index in [0.29, 0.717) is 5.56 Å². The summed E-state index contributed by atoms with van der Waals surface area (Å²) in [5.74, 6) is -0.121. The first-order valence-corrected chi connectivity index (χ1v) is 5.28. The Morgan fingerprint density at radius 1 is 1.47 bits per heavy atom. The predicted molar refractivity (Wildman–Crippen MR) is 62.8 cm³/mol. The van der Waals surface area contributed by atoms with Gasteiger partial charge in [-0.3, -0.25) is 9.78 Å². The van der Waals surface area contributed by atoms with Gasteiger partial charge in [0.25, 0.3) is 5.91 Å². The number of nitrogens with zero attached hydrogens (tertiary/aromatic N) is 1. The quantitative estimate of drug-likeness (QED) is 0.860. The SMILES string of the molecule is CNC(=O)c1cnc2c(Br)cccc2c1. The highest BCUT2D eigenvalue weighted by Crippen LogP contribution is 2.22. The molecule has 0 aliphatic rings. The first-order chi connectivity index (χ1) is 7.22. The average Bonchev–Trinajstić information content (AvgIpc) is 2.28. The lowest BCUT2D eigenvalue weighted by atomic mass is 10.1. The number of aromatic nitrogens is 1. The molecule has 4 heteroatoms. The van der Waals surface area contributed by atoms with Crippen LogP contribution < -0.4 is 5.32 Å². The molecule has 0 radical (unpaired) electrons. The van der Waals surface area contributed by atoms with E-state index in [4.69, 9.17) is 0 Å². The number of para-hydroxylation sites is 1. The zero-order chi connectivity index (χ0) is 10.8. The summed E-state index contributed by atoms with van der Waals surface area (Å²) in [4.78, 5) is 15.6. The van der Waals surface area contributed by atoms with Gasteiger partial charge in [-0.15, -0.1) is 0 Å². The standard InChI is InChI=1S/C11H9BrN2O/c1-13-11(15)8-5-7-3-2-4-9(12)10(7)14-6-8/h2-6H,1H3,(H,13,15). The number of carbonyl (C=O) groups excluding carboxylic acids is 1. The molecule has 2 aromatic rings. The largest absolute Gasteiger partial charge is 0.355 e. The second-order valence-electron chi connectivity index (χ2n) is 3.11. The summed E-state index contributed by atoms with van der Waals surface area (Å²) in [6, 6.07) is 7.60. The van der Waals surface area contributed by atoms with Crippen LogP contribution in [0.3, 0.4) is 0 Å². The van der Waals surface area contributed by atoms with Crippen molar-refractivity contribution in [2.75, 3.05) is 7.05 Å². The Labute approximate surface area is 95.6 Å². The number of amides is 1. The van der Waals surface area contributed by atoms with Crippen LogP contribution >= 0.6 is 15.9 Å². The number of fused-ring (bicyclic) bond motifs is 1. The zero-order valence-electron chi connectivity index (χ0n) is 8.12. The Morgan fingerprint density at radius 3 is 3.00 bits per heavy atom. The second-order valence-corrected chi connectivity index (χ2v) is 3.97. The minimum Gasteiger partial charge on any atom is -0.355 e. The molecule has 2 rings (SSSR count). The molecule has 0 spiro atoms. The molecule has 0 aliphatic carbocycles. The van der Waals surface area contributed by atoms with Crippen LogP contribution in [0.2, 0.25) is 0 Å². The van der Waals surface area contributed by atoms with Gasteiger partial charge in [-0.2, -0.15) is 0 Å². The van der Waals surface area contributed by atoms with Gasteiger partial charge in [0, 0.05) is 23.1 Å². The highest BCUT2D eigenvalue weighted by atomic mass is 79.9. The monoisotopic (exact) mass is 264 g/mol. The van der Waals surface area contributed by atoms with Gasteiger partial charge >= 0.3 is 0 Å². The van der Waals surface area contributed by atoms with Crippen molar-refractivity contribution in [3.8, 4) is 0 Å². The summed E-state index contributed by atoms with van der Waals surface area (Å²) < 4.78 is 0.934. The molecule has 0 saturated heterocycles. The van der Waals surface area contributed by atoms with E-state index in [1.54, 1.807) is 13.2 Å². The van der Waals surface area contributed by atoms with Crippen molar-refractivity contribution < 1.29 is 4.79 Å². The Balaban J connectivity index is 2.62. The van der Waals surface area contributed by atoms with Crippen LogP contribution in [0.5, 0.6) is 0 Å². The van der Waals surface area contributed by atoms with Crippen molar-refractivity contribution in [2.45, 2.75) is 0 Å². The average molecular weight is 265 g/mol. The molecule has 1 aromatic carbocycles. The maximum absolute atomic E-state index is 11.4. The molecule has 3 nitrogen and oxygen atoms in total. The van der Waals surface area contributed by atoms with Crippen molar-refractivity contribution in [3.63, 3.8) is 0 Å². The molecule has 0 unspecified atom stereocenters. The summed E-state index contributed by atoms with van der Waals surface area (Å²) in [7, 11) is 1.60. The van der Waals surface area contributed by atoms with Gasteiger partial charge in [0.05, 0.1) is 11.1 Å².